The molecule has 2 atom stereocenters. The second-order valence-corrected chi connectivity index (χ2v) is 5.85. The van der Waals surface area contributed by atoms with Gasteiger partial charge in [-0.15, -0.1) is 0 Å². The molecule has 1 heterocycles. The van der Waals surface area contributed by atoms with Gasteiger partial charge in [0.25, 0.3) is 0 Å². The maximum atomic E-state index is 12.3. The minimum Gasteiger partial charge on any atom is -0.469 e. The molecular weight excluding hydrogens is 262 g/mol. The number of carbonyl (C=O) groups is 2. The number of morpholine rings is 1. The van der Waals surface area contributed by atoms with Crippen LogP contribution in [0.4, 0.5) is 4.79 Å². The van der Waals surface area contributed by atoms with Crippen LogP contribution in [0.15, 0.2) is 0 Å². The zero-order valence-electron chi connectivity index (χ0n) is 13.0. The van der Waals surface area contributed by atoms with Crippen molar-refractivity contribution in [3.63, 3.8) is 0 Å². The van der Waals surface area contributed by atoms with E-state index >= 15 is 0 Å². The topological polar surface area (TPSA) is 65.1 Å². The molecule has 0 bridgehead atoms. The Hall–Kier alpha value is -1.30. The summed E-state index contributed by atoms with van der Waals surface area (Å²) in [6.07, 6.45) is 0.174. The summed E-state index contributed by atoms with van der Waals surface area (Å²) in [5, 5.41) is 0. The molecule has 1 aliphatic rings. The van der Waals surface area contributed by atoms with Gasteiger partial charge < -0.3 is 14.2 Å². The molecule has 20 heavy (non-hydrogen) atoms. The number of rotatable bonds is 3. The van der Waals surface area contributed by atoms with Crippen LogP contribution in [-0.4, -0.2) is 55.5 Å². The van der Waals surface area contributed by atoms with E-state index in [1.54, 1.807) is 4.90 Å². The van der Waals surface area contributed by atoms with Crippen molar-refractivity contribution in [2.24, 2.45) is 5.92 Å². The summed E-state index contributed by atoms with van der Waals surface area (Å²) in [7, 11) is 1.35. The average Bonchev–Trinajstić information content (AvgIpc) is 2.37. The first-order valence-corrected chi connectivity index (χ1v) is 6.95. The summed E-state index contributed by atoms with van der Waals surface area (Å²) in [6.45, 7) is 8.55. The number of esters is 1. The monoisotopic (exact) mass is 287 g/mol. The van der Waals surface area contributed by atoms with Gasteiger partial charge in [0.2, 0.25) is 0 Å². The predicted molar refractivity (Wildman–Crippen MR) is 73.3 cm³/mol. The molecule has 0 saturated carbocycles. The molecule has 0 aromatic rings. The quantitative estimate of drug-likeness (QED) is 0.741. The first-order valence-electron chi connectivity index (χ1n) is 6.95. The van der Waals surface area contributed by atoms with Crippen molar-refractivity contribution < 1.29 is 23.8 Å². The lowest BCUT2D eigenvalue weighted by molar-refractivity contribution is -0.150. The zero-order valence-corrected chi connectivity index (χ0v) is 13.0. The molecule has 116 valence electrons. The van der Waals surface area contributed by atoms with E-state index in [2.05, 4.69) is 0 Å². The number of carbonyl (C=O) groups excluding carboxylic acids is 2. The van der Waals surface area contributed by atoms with Crippen LogP contribution >= 0.6 is 0 Å². The molecular formula is C14H25NO5. The summed E-state index contributed by atoms with van der Waals surface area (Å²) < 4.78 is 15.6. The highest BCUT2D eigenvalue weighted by molar-refractivity contribution is 5.75. The minimum absolute atomic E-state index is 0.323. The minimum atomic E-state index is -0.563. The lowest BCUT2D eigenvalue weighted by atomic mass is 9.95. The van der Waals surface area contributed by atoms with E-state index in [1.807, 2.05) is 27.7 Å². The van der Waals surface area contributed by atoms with Crippen LogP contribution in [0, 0.1) is 5.92 Å². The molecule has 1 amide bonds. The van der Waals surface area contributed by atoms with Crippen molar-refractivity contribution in [2.45, 2.75) is 45.8 Å². The van der Waals surface area contributed by atoms with Gasteiger partial charge in [-0.1, -0.05) is 6.92 Å². The second-order valence-electron chi connectivity index (χ2n) is 5.85. The van der Waals surface area contributed by atoms with Gasteiger partial charge in [-0.05, 0) is 27.2 Å². The van der Waals surface area contributed by atoms with E-state index in [4.69, 9.17) is 14.2 Å². The molecule has 2 unspecified atom stereocenters. The summed E-state index contributed by atoms with van der Waals surface area (Å²) in [5.41, 5.74) is -0.563. The van der Waals surface area contributed by atoms with Crippen molar-refractivity contribution >= 4 is 12.1 Å². The summed E-state index contributed by atoms with van der Waals surface area (Å²) in [4.78, 5) is 25.7. The van der Waals surface area contributed by atoms with E-state index in [0.29, 0.717) is 26.2 Å². The van der Waals surface area contributed by atoms with Crippen molar-refractivity contribution in [2.75, 3.05) is 26.9 Å². The fourth-order valence-corrected chi connectivity index (χ4v) is 2.25. The van der Waals surface area contributed by atoms with Crippen LogP contribution in [0.5, 0.6) is 0 Å². The van der Waals surface area contributed by atoms with Crippen LogP contribution in [0.2, 0.25) is 0 Å². The lowest BCUT2D eigenvalue weighted by Gasteiger charge is -2.39. The Kier molecular flexibility index (Phi) is 5.80. The van der Waals surface area contributed by atoms with Gasteiger partial charge in [0, 0.05) is 6.54 Å². The van der Waals surface area contributed by atoms with Crippen molar-refractivity contribution in [3.05, 3.63) is 0 Å². The molecule has 1 saturated heterocycles. The van der Waals surface area contributed by atoms with Crippen molar-refractivity contribution in [1.29, 1.82) is 0 Å². The van der Waals surface area contributed by atoms with Crippen LogP contribution in [-0.2, 0) is 19.0 Å². The number of hydrogen-bond donors (Lipinski definition) is 0. The van der Waals surface area contributed by atoms with E-state index in [1.165, 1.54) is 7.11 Å². The summed E-state index contributed by atoms with van der Waals surface area (Å²) in [5.74, 6) is -0.718. The van der Waals surface area contributed by atoms with E-state index in [-0.39, 0.29) is 12.0 Å². The van der Waals surface area contributed by atoms with Crippen LogP contribution < -0.4 is 0 Å². The molecule has 1 fully saturated rings. The molecule has 1 aliphatic heterocycles. The number of ether oxygens (including phenoxy) is 3. The normalized spacial score (nSPS) is 21.2. The Balaban J connectivity index is 2.85. The number of hydrogen-bond acceptors (Lipinski definition) is 5. The van der Waals surface area contributed by atoms with E-state index in [9.17, 15) is 9.59 Å². The zero-order chi connectivity index (χ0) is 15.3. The maximum Gasteiger partial charge on any atom is 0.410 e. The maximum absolute atomic E-state index is 12.3. The Morgan fingerprint density at radius 3 is 2.55 bits per heavy atom. The smallest absolute Gasteiger partial charge is 0.410 e. The SMILES string of the molecule is CCC(C(=O)OC)C1COCCN1C(=O)OC(C)(C)C. The Morgan fingerprint density at radius 1 is 1.40 bits per heavy atom. The van der Waals surface area contributed by atoms with Gasteiger partial charge >= 0.3 is 12.1 Å². The third-order valence-electron chi connectivity index (χ3n) is 3.20. The van der Waals surface area contributed by atoms with Gasteiger partial charge in [0.15, 0.2) is 0 Å². The standard InChI is InChI=1S/C14H25NO5/c1-6-10(12(16)18-5)11-9-19-8-7-15(11)13(17)20-14(2,3)4/h10-11H,6-9H2,1-5H3. The number of methoxy groups -OCH3 is 1. The highest BCUT2D eigenvalue weighted by atomic mass is 16.6. The summed E-state index contributed by atoms with van der Waals surface area (Å²) >= 11 is 0. The van der Waals surface area contributed by atoms with Gasteiger partial charge in [-0.2, -0.15) is 0 Å². The van der Waals surface area contributed by atoms with Crippen LogP contribution in [0.25, 0.3) is 0 Å². The molecule has 0 N–H and O–H groups in total. The van der Waals surface area contributed by atoms with Gasteiger partial charge in [-0.3, -0.25) is 9.69 Å². The Labute approximate surface area is 120 Å². The van der Waals surface area contributed by atoms with Gasteiger partial charge in [0.05, 0.1) is 32.3 Å². The first kappa shape index (κ1) is 16.8. The molecule has 0 spiro atoms. The summed E-state index contributed by atoms with van der Waals surface area (Å²) in [6, 6.07) is -0.337. The van der Waals surface area contributed by atoms with Gasteiger partial charge in [0.1, 0.15) is 5.60 Å². The number of amides is 1. The third kappa shape index (κ3) is 4.37. The Bertz CT molecular complexity index is 350. The fourth-order valence-electron chi connectivity index (χ4n) is 2.25. The van der Waals surface area contributed by atoms with Crippen LogP contribution in [0.3, 0.4) is 0 Å². The molecule has 0 aliphatic carbocycles. The van der Waals surface area contributed by atoms with Crippen molar-refractivity contribution in [1.82, 2.24) is 4.90 Å². The molecule has 0 radical (unpaired) electrons. The third-order valence-corrected chi connectivity index (χ3v) is 3.20. The predicted octanol–water partition coefficient (Wildman–Crippen LogP) is 1.82. The molecule has 0 aromatic heterocycles. The lowest BCUT2D eigenvalue weighted by Crippen LogP contribution is -2.55. The highest BCUT2D eigenvalue weighted by Gasteiger charge is 2.38. The largest absolute Gasteiger partial charge is 0.469 e. The first-order chi connectivity index (χ1) is 9.30. The average molecular weight is 287 g/mol. The number of nitrogens with zero attached hydrogens (tertiary/aromatic N) is 1. The molecule has 0 aromatic carbocycles. The van der Waals surface area contributed by atoms with Crippen molar-refractivity contribution in [3.8, 4) is 0 Å². The van der Waals surface area contributed by atoms with E-state index < -0.39 is 17.6 Å². The molecule has 1 rings (SSSR count). The van der Waals surface area contributed by atoms with Gasteiger partial charge in [-0.25, -0.2) is 4.79 Å². The second kappa shape index (κ2) is 6.92. The molecule has 6 heteroatoms. The molecule has 6 nitrogen and oxygen atoms in total. The fraction of sp³-hybridized carbons (Fsp3) is 0.857. The van der Waals surface area contributed by atoms with E-state index in [0.717, 1.165) is 0 Å². The van der Waals surface area contributed by atoms with Crippen LogP contribution in [0.1, 0.15) is 34.1 Å². The highest BCUT2D eigenvalue weighted by Crippen LogP contribution is 2.22. The Morgan fingerprint density at radius 2 is 2.05 bits per heavy atom.